The van der Waals surface area contributed by atoms with E-state index in [4.69, 9.17) is 0 Å². The molecule has 144 valence electrons. The highest BCUT2D eigenvalue weighted by Crippen LogP contribution is 2.41. The van der Waals surface area contributed by atoms with Crippen LogP contribution < -0.4 is 0 Å². The molecule has 0 aliphatic rings. The third kappa shape index (κ3) is 4.66. The molecule has 2 heterocycles. The molecular formula is C16H18F2N6OS2. The number of rotatable bonds is 8. The summed E-state index contributed by atoms with van der Waals surface area (Å²) in [4.78, 5) is 8.00. The smallest absolute Gasteiger partial charge is 0.161 e. The Labute approximate surface area is 162 Å². The van der Waals surface area contributed by atoms with E-state index in [0.29, 0.717) is 11.6 Å². The summed E-state index contributed by atoms with van der Waals surface area (Å²) in [5.41, 5.74) is -1.61. The lowest BCUT2D eigenvalue weighted by atomic mass is 9.90. The minimum Gasteiger partial charge on any atom is -0.382 e. The molecule has 0 saturated carbocycles. The fraction of sp³-hybridized carbons (Fsp3) is 0.375. The molecule has 0 aliphatic heterocycles. The summed E-state index contributed by atoms with van der Waals surface area (Å²) in [6.45, 7) is 1.76. The lowest BCUT2D eigenvalue weighted by Gasteiger charge is -2.34. The van der Waals surface area contributed by atoms with Crippen molar-refractivity contribution in [3.8, 4) is 0 Å². The molecule has 1 aromatic carbocycles. The van der Waals surface area contributed by atoms with Crippen LogP contribution in [-0.4, -0.2) is 39.9 Å². The van der Waals surface area contributed by atoms with Crippen LogP contribution in [-0.2, 0) is 24.9 Å². The number of nitrogens with zero attached hydrogens (tertiary/aromatic N) is 6. The fourth-order valence-electron chi connectivity index (χ4n) is 2.55. The van der Waals surface area contributed by atoms with Gasteiger partial charge in [0.2, 0.25) is 0 Å². The van der Waals surface area contributed by atoms with Crippen LogP contribution in [0.3, 0.4) is 0 Å². The Bertz CT molecular complexity index is 891. The highest BCUT2D eigenvalue weighted by Gasteiger charge is 2.39. The molecule has 0 spiro atoms. The van der Waals surface area contributed by atoms with Gasteiger partial charge in [-0.25, -0.2) is 23.4 Å². The summed E-state index contributed by atoms with van der Waals surface area (Å²) in [6.07, 6.45) is 4.38. The van der Waals surface area contributed by atoms with Crippen LogP contribution in [0.15, 0.2) is 37.2 Å². The Morgan fingerprint density at radius 1 is 1.30 bits per heavy atom. The zero-order valence-electron chi connectivity index (χ0n) is 14.7. The maximum atomic E-state index is 14.4. The maximum Gasteiger partial charge on any atom is 0.161 e. The van der Waals surface area contributed by atoms with Crippen molar-refractivity contribution in [2.45, 2.75) is 30.1 Å². The van der Waals surface area contributed by atoms with Crippen LogP contribution in [0.2, 0.25) is 0 Å². The van der Waals surface area contributed by atoms with Crippen molar-refractivity contribution < 1.29 is 13.9 Å². The SMILES string of the molecule is C[C@@H](SSCc1ncn(C)n1)[C@](O)(Cn1cncn1)c1ccc(F)cc1F. The second-order valence-electron chi connectivity index (χ2n) is 5.98. The van der Waals surface area contributed by atoms with Gasteiger partial charge in [-0.3, -0.25) is 4.68 Å². The summed E-state index contributed by atoms with van der Waals surface area (Å²) in [6, 6.07) is 3.17. The first-order chi connectivity index (χ1) is 12.9. The van der Waals surface area contributed by atoms with E-state index in [9.17, 15) is 13.9 Å². The van der Waals surface area contributed by atoms with Gasteiger partial charge in [0.05, 0.1) is 12.3 Å². The van der Waals surface area contributed by atoms with E-state index < -0.39 is 22.5 Å². The number of aryl methyl sites for hydroxylation is 1. The van der Waals surface area contributed by atoms with Crippen LogP contribution in [0.25, 0.3) is 0 Å². The molecule has 3 rings (SSSR count). The predicted molar refractivity (Wildman–Crippen MR) is 99.6 cm³/mol. The summed E-state index contributed by atoms with van der Waals surface area (Å²) in [7, 11) is 4.60. The molecule has 3 aromatic rings. The number of aromatic nitrogens is 6. The monoisotopic (exact) mass is 412 g/mol. The minimum absolute atomic E-state index is 0.0101. The van der Waals surface area contributed by atoms with Crippen molar-refractivity contribution in [1.82, 2.24) is 29.5 Å². The molecule has 27 heavy (non-hydrogen) atoms. The Balaban J connectivity index is 1.79. The average Bonchev–Trinajstić information content (AvgIpc) is 3.26. The number of aliphatic hydroxyl groups is 1. The van der Waals surface area contributed by atoms with Gasteiger partial charge in [-0.2, -0.15) is 10.2 Å². The van der Waals surface area contributed by atoms with Gasteiger partial charge in [0.25, 0.3) is 0 Å². The standard InChI is InChI=1S/C16H18F2N6OS2/c1-11(27-26-6-15-20-10-23(2)22-15)16(25,7-24-9-19-8-21-24)13-4-3-12(17)5-14(13)18/h3-5,8-11,25H,6-7H2,1-2H3/t11-,16-/m1/s1. The number of halogens is 2. The first-order valence-corrected chi connectivity index (χ1v) is 10.4. The van der Waals surface area contributed by atoms with Gasteiger partial charge in [-0.05, 0) is 13.0 Å². The summed E-state index contributed by atoms with van der Waals surface area (Å²) in [5.74, 6) is -0.312. The summed E-state index contributed by atoms with van der Waals surface area (Å²) >= 11 is 0. The molecule has 2 aromatic heterocycles. The van der Waals surface area contributed by atoms with Crippen LogP contribution in [0.5, 0.6) is 0 Å². The molecular weight excluding hydrogens is 394 g/mol. The average molecular weight is 412 g/mol. The molecule has 0 fully saturated rings. The fourth-order valence-corrected chi connectivity index (χ4v) is 5.03. The third-order valence-electron chi connectivity index (χ3n) is 3.99. The number of hydrogen-bond acceptors (Lipinski definition) is 7. The van der Waals surface area contributed by atoms with Gasteiger partial charge >= 0.3 is 0 Å². The van der Waals surface area contributed by atoms with Gasteiger partial charge in [0.15, 0.2) is 5.82 Å². The van der Waals surface area contributed by atoms with Crippen LogP contribution in [0.4, 0.5) is 8.78 Å². The molecule has 0 unspecified atom stereocenters. The summed E-state index contributed by atoms with van der Waals surface area (Å²) in [5, 5.41) is 19.1. The van der Waals surface area contributed by atoms with E-state index in [1.807, 2.05) is 0 Å². The van der Waals surface area contributed by atoms with Gasteiger partial charge in [-0.15, -0.1) is 0 Å². The molecule has 0 radical (unpaired) electrons. The van der Waals surface area contributed by atoms with Gasteiger partial charge in [0.1, 0.15) is 36.2 Å². The van der Waals surface area contributed by atoms with Crippen LogP contribution >= 0.6 is 21.6 Å². The predicted octanol–water partition coefficient (Wildman–Crippen LogP) is 2.54. The molecule has 2 atom stereocenters. The first-order valence-electron chi connectivity index (χ1n) is 8.01. The normalized spacial score (nSPS) is 14.9. The van der Waals surface area contributed by atoms with Crippen molar-refractivity contribution in [3.63, 3.8) is 0 Å². The second kappa shape index (κ2) is 8.36. The largest absolute Gasteiger partial charge is 0.382 e. The van der Waals surface area contributed by atoms with E-state index in [1.54, 1.807) is 25.0 Å². The minimum atomic E-state index is -1.62. The zero-order chi connectivity index (χ0) is 19.4. The van der Waals surface area contributed by atoms with Crippen molar-refractivity contribution in [2.75, 3.05) is 0 Å². The summed E-state index contributed by atoms with van der Waals surface area (Å²) < 4.78 is 30.8. The van der Waals surface area contributed by atoms with E-state index >= 15 is 0 Å². The quantitative estimate of drug-likeness (QED) is 0.570. The van der Waals surface area contributed by atoms with Crippen molar-refractivity contribution in [3.05, 3.63) is 60.2 Å². The van der Waals surface area contributed by atoms with Gasteiger partial charge in [0, 0.05) is 23.9 Å². The van der Waals surface area contributed by atoms with Crippen LogP contribution in [0.1, 0.15) is 18.3 Å². The lowest BCUT2D eigenvalue weighted by molar-refractivity contribution is 0.0137. The molecule has 0 amide bonds. The number of hydrogen-bond donors (Lipinski definition) is 1. The highest BCUT2D eigenvalue weighted by molar-refractivity contribution is 8.76. The Morgan fingerprint density at radius 2 is 2.11 bits per heavy atom. The van der Waals surface area contributed by atoms with Crippen molar-refractivity contribution in [2.24, 2.45) is 7.05 Å². The van der Waals surface area contributed by atoms with Gasteiger partial charge < -0.3 is 5.11 Å². The van der Waals surface area contributed by atoms with Crippen molar-refractivity contribution >= 4 is 21.6 Å². The topological polar surface area (TPSA) is 81.6 Å². The molecule has 0 aliphatic carbocycles. The maximum absolute atomic E-state index is 14.4. The van der Waals surface area contributed by atoms with Gasteiger partial charge in [-0.1, -0.05) is 27.7 Å². The van der Waals surface area contributed by atoms with Crippen molar-refractivity contribution in [1.29, 1.82) is 0 Å². The first kappa shape index (κ1) is 19.8. The van der Waals surface area contributed by atoms with E-state index in [1.165, 1.54) is 45.0 Å². The molecule has 0 bridgehead atoms. The number of benzene rings is 1. The molecule has 1 N–H and O–H groups in total. The van der Waals surface area contributed by atoms with Crippen LogP contribution in [0, 0.1) is 11.6 Å². The lowest BCUT2D eigenvalue weighted by Crippen LogP contribution is -2.41. The Hall–Kier alpha value is -1.98. The van der Waals surface area contributed by atoms with E-state index in [0.717, 1.165) is 12.1 Å². The van der Waals surface area contributed by atoms with E-state index in [2.05, 4.69) is 20.2 Å². The zero-order valence-corrected chi connectivity index (χ0v) is 16.3. The Morgan fingerprint density at radius 3 is 2.74 bits per heavy atom. The van der Waals surface area contributed by atoms with E-state index in [-0.39, 0.29) is 12.1 Å². The molecule has 0 saturated heterocycles. The highest BCUT2D eigenvalue weighted by atomic mass is 33.1. The second-order valence-corrected chi connectivity index (χ2v) is 8.68. The molecule has 7 nitrogen and oxygen atoms in total. The molecule has 11 heteroatoms. The third-order valence-corrected chi connectivity index (χ3v) is 6.81. The Kier molecular flexibility index (Phi) is 6.12.